The normalized spacial score (nSPS) is 11.4. The molecule has 3 rings (SSSR count). The fourth-order valence-corrected chi connectivity index (χ4v) is 2.13. The summed E-state index contributed by atoms with van der Waals surface area (Å²) < 4.78 is 1.51. The lowest BCUT2D eigenvalue weighted by molar-refractivity contribution is -0.137. The van der Waals surface area contributed by atoms with Gasteiger partial charge >= 0.3 is 11.7 Å². The summed E-state index contributed by atoms with van der Waals surface area (Å²) in [6, 6.07) is 3.62. The highest BCUT2D eigenvalue weighted by Crippen LogP contribution is 2.19. The molecule has 7 heteroatoms. The zero-order valence-corrected chi connectivity index (χ0v) is 10.2. The monoisotopic (exact) mass is 260 g/mol. The Hall–Kier alpha value is -2.57. The molecule has 0 atom stereocenters. The van der Waals surface area contributed by atoms with Crippen molar-refractivity contribution >= 4 is 28.0 Å². The number of aromatic nitrogens is 4. The molecule has 0 spiro atoms. The third-order valence-corrected chi connectivity index (χ3v) is 3.13. The van der Waals surface area contributed by atoms with Crippen LogP contribution in [0.2, 0.25) is 0 Å². The van der Waals surface area contributed by atoms with Gasteiger partial charge in [-0.05, 0) is 12.1 Å². The first kappa shape index (κ1) is 11.5. The topological polar surface area (TPSA) is 104 Å². The zero-order valence-electron chi connectivity index (χ0n) is 10.2. The summed E-state index contributed by atoms with van der Waals surface area (Å²) in [5.74, 6) is -0.218. The largest absolute Gasteiger partial charge is 0.481 e. The first-order valence-corrected chi connectivity index (χ1v) is 5.84. The first-order chi connectivity index (χ1) is 9.04. The van der Waals surface area contributed by atoms with E-state index in [4.69, 9.17) is 5.11 Å². The quantitative estimate of drug-likeness (QED) is 0.646. The average molecular weight is 260 g/mol. The summed E-state index contributed by atoms with van der Waals surface area (Å²) in [6.45, 7) is 0. The number of carboxylic acids is 1. The number of nitrogens with one attached hydrogen (secondary N) is 2. The van der Waals surface area contributed by atoms with Gasteiger partial charge in [0.1, 0.15) is 5.82 Å². The highest BCUT2D eigenvalue weighted by Gasteiger charge is 2.09. The molecule has 2 heterocycles. The molecule has 0 amide bonds. The zero-order chi connectivity index (χ0) is 13.6. The van der Waals surface area contributed by atoms with Crippen LogP contribution in [0.5, 0.6) is 0 Å². The third-order valence-electron chi connectivity index (χ3n) is 3.13. The summed E-state index contributed by atoms with van der Waals surface area (Å²) in [6.07, 6.45) is 0.396. The standard InChI is InChI=1S/C12H12N4O3/c1-16-9-5-7-6(4-8(9)15-12(16)19)13-10(14-7)2-3-11(17)18/h4-5H,2-3H2,1H3,(H,13,14)(H,15,19)(H,17,18). The van der Waals surface area contributed by atoms with Crippen LogP contribution in [0, 0.1) is 0 Å². The van der Waals surface area contributed by atoms with Gasteiger partial charge in [-0.1, -0.05) is 0 Å². The van der Waals surface area contributed by atoms with Crippen LogP contribution in [-0.4, -0.2) is 30.6 Å². The molecule has 2 aromatic heterocycles. The van der Waals surface area contributed by atoms with Crippen LogP contribution in [0.15, 0.2) is 16.9 Å². The van der Waals surface area contributed by atoms with Crippen molar-refractivity contribution in [2.75, 3.05) is 0 Å². The van der Waals surface area contributed by atoms with Gasteiger partial charge in [0, 0.05) is 13.5 Å². The fourth-order valence-electron chi connectivity index (χ4n) is 2.13. The summed E-state index contributed by atoms with van der Waals surface area (Å²) in [4.78, 5) is 32.2. The molecular formula is C12H12N4O3. The van der Waals surface area contributed by atoms with Gasteiger partial charge in [0.05, 0.1) is 28.5 Å². The number of aryl methyl sites for hydroxylation is 2. The van der Waals surface area contributed by atoms with Crippen LogP contribution in [0.4, 0.5) is 0 Å². The number of carboxylic acid groups (broad SMARTS) is 1. The lowest BCUT2D eigenvalue weighted by Crippen LogP contribution is -2.11. The van der Waals surface area contributed by atoms with E-state index >= 15 is 0 Å². The minimum Gasteiger partial charge on any atom is -0.481 e. The molecule has 3 aromatic rings. The van der Waals surface area contributed by atoms with Crippen LogP contribution in [-0.2, 0) is 18.3 Å². The molecule has 0 aliphatic heterocycles. The summed E-state index contributed by atoms with van der Waals surface area (Å²) in [7, 11) is 1.69. The van der Waals surface area contributed by atoms with Gasteiger partial charge in [-0.2, -0.15) is 0 Å². The van der Waals surface area contributed by atoms with Gasteiger partial charge < -0.3 is 15.1 Å². The Morgan fingerprint density at radius 2 is 2.16 bits per heavy atom. The van der Waals surface area contributed by atoms with Crippen molar-refractivity contribution in [3.05, 3.63) is 28.4 Å². The van der Waals surface area contributed by atoms with Gasteiger partial charge in [-0.3, -0.25) is 9.36 Å². The molecule has 0 aliphatic carbocycles. The van der Waals surface area contributed by atoms with Gasteiger partial charge in [-0.15, -0.1) is 0 Å². The molecule has 7 nitrogen and oxygen atoms in total. The number of benzene rings is 1. The highest BCUT2D eigenvalue weighted by molar-refractivity contribution is 5.91. The second-order valence-corrected chi connectivity index (χ2v) is 4.45. The van der Waals surface area contributed by atoms with E-state index in [0.717, 1.165) is 22.1 Å². The molecule has 1 aromatic carbocycles. The number of hydrogen-bond acceptors (Lipinski definition) is 3. The van der Waals surface area contributed by atoms with E-state index in [0.29, 0.717) is 12.2 Å². The minimum atomic E-state index is -0.852. The Morgan fingerprint density at radius 1 is 1.37 bits per heavy atom. The first-order valence-electron chi connectivity index (χ1n) is 5.84. The SMILES string of the molecule is Cn1c(=O)[nH]c2cc3[nH]c(CCC(=O)O)nc3cc21. The molecule has 0 fully saturated rings. The van der Waals surface area contributed by atoms with Gasteiger partial charge in [0.2, 0.25) is 0 Å². The molecule has 0 saturated heterocycles. The van der Waals surface area contributed by atoms with E-state index < -0.39 is 5.97 Å². The fraction of sp³-hybridized carbons (Fsp3) is 0.250. The Bertz CT molecular complexity index is 840. The Morgan fingerprint density at radius 3 is 2.89 bits per heavy atom. The van der Waals surface area contributed by atoms with E-state index in [-0.39, 0.29) is 12.1 Å². The predicted molar refractivity (Wildman–Crippen MR) is 69.1 cm³/mol. The number of fused-ring (bicyclic) bond motifs is 2. The molecule has 0 saturated carbocycles. The summed E-state index contributed by atoms with van der Waals surface area (Å²) in [5, 5.41) is 8.65. The number of H-pyrrole nitrogens is 2. The second kappa shape index (κ2) is 3.98. The highest BCUT2D eigenvalue weighted by atomic mass is 16.4. The van der Waals surface area contributed by atoms with E-state index in [1.165, 1.54) is 4.57 Å². The van der Waals surface area contributed by atoms with Crippen molar-refractivity contribution < 1.29 is 9.90 Å². The van der Waals surface area contributed by atoms with E-state index in [1.807, 2.05) is 12.1 Å². The number of aromatic amines is 2. The lowest BCUT2D eigenvalue weighted by Gasteiger charge is -1.92. The van der Waals surface area contributed by atoms with Crippen molar-refractivity contribution in [2.24, 2.45) is 7.05 Å². The number of nitrogens with zero attached hydrogens (tertiary/aromatic N) is 2. The molecule has 0 unspecified atom stereocenters. The summed E-state index contributed by atoms with van der Waals surface area (Å²) in [5.41, 5.74) is 2.84. The Labute approximate surface area is 106 Å². The van der Waals surface area contributed by atoms with Gasteiger partial charge in [0.25, 0.3) is 0 Å². The van der Waals surface area contributed by atoms with Crippen molar-refractivity contribution in [3.63, 3.8) is 0 Å². The maximum atomic E-state index is 11.5. The molecule has 3 N–H and O–H groups in total. The van der Waals surface area contributed by atoms with Crippen molar-refractivity contribution in [3.8, 4) is 0 Å². The smallest absolute Gasteiger partial charge is 0.326 e. The second-order valence-electron chi connectivity index (χ2n) is 4.45. The maximum absolute atomic E-state index is 11.5. The Kier molecular flexibility index (Phi) is 2.41. The molecule has 19 heavy (non-hydrogen) atoms. The van der Waals surface area contributed by atoms with Crippen LogP contribution < -0.4 is 5.69 Å². The predicted octanol–water partition coefficient (Wildman–Crippen LogP) is 0.760. The van der Waals surface area contributed by atoms with Crippen LogP contribution in [0.3, 0.4) is 0 Å². The lowest BCUT2D eigenvalue weighted by atomic mass is 10.3. The van der Waals surface area contributed by atoms with Crippen molar-refractivity contribution in [1.29, 1.82) is 0 Å². The average Bonchev–Trinajstić information content (AvgIpc) is 2.86. The van der Waals surface area contributed by atoms with Gasteiger partial charge in [0.15, 0.2) is 0 Å². The van der Waals surface area contributed by atoms with Crippen molar-refractivity contribution in [1.82, 2.24) is 19.5 Å². The molecule has 0 radical (unpaired) electrons. The Balaban J connectivity index is 2.10. The van der Waals surface area contributed by atoms with E-state index in [9.17, 15) is 9.59 Å². The van der Waals surface area contributed by atoms with E-state index in [2.05, 4.69) is 15.0 Å². The molecule has 98 valence electrons. The third kappa shape index (κ3) is 1.88. The maximum Gasteiger partial charge on any atom is 0.326 e. The minimum absolute atomic E-state index is 0.0379. The van der Waals surface area contributed by atoms with E-state index in [1.54, 1.807) is 7.05 Å². The number of rotatable bonds is 3. The number of aliphatic carboxylic acids is 1. The molecular weight excluding hydrogens is 248 g/mol. The molecule has 0 aliphatic rings. The van der Waals surface area contributed by atoms with Crippen LogP contribution in [0.25, 0.3) is 22.1 Å². The number of carbonyl (C=O) groups is 1. The van der Waals surface area contributed by atoms with Crippen molar-refractivity contribution in [2.45, 2.75) is 12.8 Å². The molecule has 0 bridgehead atoms. The number of hydrogen-bond donors (Lipinski definition) is 3. The van der Waals surface area contributed by atoms with Crippen LogP contribution >= 0.6 is 0 Å². The number of imidazole rings is 2. The summed E-state index contributed by atoms with van der Waals surface area (Å²) >= 11 is 0. The van der Waals surface area contributed by atoms with Gasteiger partial charge in [-0.25, -0.2) is 9.78 Å². The van der Waals surface area contributed by atoms with Crippen LogP contribution in [0.1, 0.15) is 12.2 Å².